The minimum atomic E-state index is -2.94. The molecule has 118 valence electrons. The SMILES string of the molecule is CCN(C(=O)CCNCCCOC)C1CCS(=O)(=O)C1. The molecule has 6 nitrogen and oxygen atoms in total. The Hall–Kier alpha value is -0.660. The Labute approximate surface area is 121 Å². The summed E-state index contributed by atoms with van der Waals surface area (Å²) in [5.74, 6) is 0.360. The van der Waals surface area contributed by atoms with Crippen molar-refractivity contribution in [3.05, 3.63) is 0 Å². The summed E-state index contributed by atoms with van der Waals surface area (Å²) < 4.78 is 27.9. The third kappa shape index (κ3) is 5.76. The van der Waals surface area contributed by atoms with Crippen LogP contribution in [0.3, 0.4) is 0 Å². The summed E-state index contributed by atoms with van der Waals surface area (Å²) in [6.07, 6.45) is 1.91. The molecule has 1 rings (SSSR count). The van der Waals surface area contributed by atoms with E-state index in [4.69, 9.17) is 4.74 Å². The fourth-order valence-corrected chi connectivity index (χ4v) is 4.20. The third-order valence-electron chi connectivity index (χ3n) is 3.53. The van der Waals surface area contributed by atoms with Gasteiger partial charge in [0.1, 0.15) is 0 Å². The second-order valence-electron chi connectivity index (χ2n) is 5.08. The first kappa shape index (κ1) is 17.4. The zero-order valence-electron chi connectivity index (χ0n) is 12.4. The van der Waals surface area contributed by atoms with E-state index >= 15 is 0 Å². The van der Waals surface area contributed by atoms with Gasteiger partial charge in [-0.2, -0.15) is 0 Å². The monoisotopic (exact) mass is 306 g/mol. The molecule has 20 heavy (non-hydrogen) atoms. The van der Waals surface area contributed by atoms with Crippen molar-refractivity contribution in [1.82, 2.24) is 10.2 Å². The number of nitrogens with zero attached hydrogens (tertiary/aromatic N) is 1. The molecule has 1 aliphatic heterocycles. The number of hydrogen-bond donors (Lipinski definition) is 1. The first-order valence-electron chi connectivity index (χ1n) is 7.19. The number of carbonyl (C=O) groups excluding carboxylic acids is 1. The highest BCUT2D eigenvalue weighted by atomic mass is 32.2. The number of amides is 1. The zero-order valence-corrected chi connectivity index (χ0v) is 13.2. The molecule has 0 aromatic heterocycles. The number of carbonyl (C=O) groups is 1. The molecular formula is C13H26N2O4S. The number of ether oxygens (including phenoxy) is 1. The molecule has 0 saturated carbocycles. The topological polar surface area (TPSA) is 75.7 Å². The number of nitrogens with one attached hydrogen (secondary N) is 1. The van der Waals surface area contributed by atoms with E-state index in [0.29, 0.717) is 32.5 Å². The van der Waals surface area contributed by atoms with Crippen molar-refractivity contribution < 1.29 is 17.9 Å². The first-order valence-corrected chi connectivity index (χ1v) is 9.02. The molecule has 1 N–H and O–H groups in total. The molecule has 1 aliphatic rings. The van der Waals surface area contributed by atoms with Gasteiger partial charge in [0.05, 0.1) is 11.5 Å². The maximum Gasteiger partial charge on any atom is 0.224 e. The van der Waals surface area contributed by atoms with Gasteiger partial charge in [-0.05, 0) is 26.3 Å². The van der Waals surface area contributed by atoms with E-state index in [0.717, 1.165) is 13.0 Å². The lowest BCUT2D eigenvalue weighted by Crippen LogP contribution is -2.42. The van der Waals surface area contributed by atoms with Gasteiger partial charge >= 0.3 is 0 Å². The smallest absolute Gasteiger partial charge is 0.224 e. The fraction of sp³-hybridized carbons (Fsp3) is 0.923. The van der Waals surface area contributed by atoms with Crippen molar-refractivity contribution in [2.45, 2.75) is 32.2 Å². The third-order valence-corrected chi connectivity index (χ3v) is 5.28. The number of sulfone groups is 1. The molecule has 1 heterocycles. The minimum absolute atomic E-state index is 0.0360. The van der Waals surface area contributed by atoms with E-state index in [2.05, 4.69) is 5.32 Å². The Kier molecular flexibility index (Phi) is 7.47. The average molecular weight is 306 g/mol. The molecule has 1 fully saturated rings. The van der Waals surface area contributed by atoms with Gasteiger partial charge in [0.2, 0.25) is 5.91 Å². The van der Waals surface area contributed by atoms with E-state index in [9.17, 15) is 13.2 Å². The van der Waals surface area contributed by atoms with Gasteiger partial charge in [0, 0.05) is 39.3 Å². The second kappa shape index (κ2) is 8.59. The Morgan fingerprint density at radius 3 is 2.70 bits per heavy atom. The minimum Gasteiger partial charge on any atom is -0.385 e. The van der Waals surface area contributed by atoms with Crippen LogP contribution in [0.4, 0.5) is 0 Å². The summed E-state index contributed by atoms with van der Waals surface area (Å²) in [7, 11) is -1.28. The summed E-state index contributed by atoms with van der Waals surface area (Å²) in [5.41, 5.74) is 0. The Bertz CT molecular complexity index is 397. The summed E-state index contributed by atoms with van der Waals surface area (Å²) in [6.45, 7) is 4.63. The van der Waals surface area contributed by atoms with E-state index in [1.54, 1.807) is 12.0 Å². The lowest BCUT2D eigenvalue weighted by molar-refractivity contribution is -0.132. The van der Waals surface area contributed by atoms with Gasteiger partial charge in [-0.1, -0.05) is 0 Å². The molecule has 1 unspecified atom stereocenters. The van der Waals surface area contributed by atoms with Gasteiger partial charge in [0.15, 0.2) is 9.84 Å². The van der Waals surface area contributed by atoms with Gasteiger partial charge in [-0.15, -0.1) is 0 Å². The van der Waals surface area contributed by atoms with Crippen LogP contribution >= 0.6 is 0 Å². The van der Waals surface area contributed by atoms with Gasteiger partial charge in [-0.3, -0.25) is 4.79 Å². The van der Waals surface area contributed by atoms with E-state index in [1.807, 2.05) is 6.92 Å². The van der Waals surface area contributed by atoms with Crippen LogP contribution in [0.1, 0.15) is 26.2 Å². The van der Waals surface area contributed by atoms with Crippen LogP contribution in [0, 0.1) is 0 Å². The van der Waals surface area contributed by atoms with E-state index in [-0.39, 0.29) is 23.5 Å². The highest BCUT2D eigenvalue weighted by Gasteiger charge is 2.33. The summed E-state index contributed by atoms with van der Waals surface area (Å²) in [4.78, 5) is 13.8. The van der Waals surface area contributed by atoms with Crippen LogP contribution in [0.25, 0.3) is 0 Å². The second-order valence-corrected chi connectivity index (χ2v) is 7.31. The van der Waals surface area contributed by atoms with Crippen LogP contribution in [-0.2, 0) is 19.4 Å². The highest BCUT2D eigenvalue weighted by Crippen LogP contribution is 2.18. The van der Waals surface area contributed by atoms with Gasteiger partial charge in [-0.25, -0.2) is 8.42 Å². The molecule has 1 saturated heterocycles. The van der Waals surface area contributed by atoms with E-state index < -0.39 is 9.84 Å². The van der Waals surface area contributed by atoms with Crippen LogP contribution in [0.5, 0.6) is 0 Å². The molecule has 0 aliphatic carbocycles. The van der Waals surface area contributed by atoms with Gasteiger partial charge in [0.25, 0.3) is 0 Å². The van der Waals surface area contributed by atoms with Crippen LogP contribution in [0.2, 0.25) is 0 Å². The van der Waals surface area contributed by atoms with Gasteiger partial charge < -0.3 is 15.0 Å². The van der Waals surface area contributed by atoms with Crippen molar-refractivity contribution >= 4 is 15.7 Å². The molecule has 0 bridgehead atoms. The maximum atomic E-state index is 12.1. The number of rotatable bonds is 9. The first-order chi connectivity index (χ1) is 9.50. The molecule has 0 spiro atoms. The Morgan fingerprint density at radius 2 is 2.15 bits per heavy atom. The molecule has 7 heteroatoms. The van der Waals surface area contributed by atoms with Crippen molar-refractivity contribution in [3.8, 4) is 0 Å². The zero-order chi connectivity index (χ0) is 15.0. The molecule has 1 amide bonds. The van der Waals surface area contributed by atoms with Crippen molar-refractivity contribution in [2.75, 3.05) is 44.9 Å². The van der Waals surface area contributed by atoms with Crippen LogP contribution in [0.15, 0.2) is 0 Å². The predicted octanol–water partition coefficient (Wildman–Crippen LogP) is 0.0382. The highest BCUT2D eigenvalue weighted by molar-refractivity contribution is 7.91. The van der Waals surface area contributed by atoms with E-state index in [1.165, 1.54) is 0 Å². The Balaban J connectivity index is 2.29. The Morgan fingerprint density at radius 1 is 1.40 bits per heavy atom. The van der Waals surface area contributed by atoms with Crippen molar-refractivity contribution in [3.63, 3.8) is 0 Å². The van der Waals surface area contributed by atoms with Crippen LogP contribution in [-0.4, -0.2) is 70.1 Å². The summed E-state index contributed by atoms with van der Waals surface area (Å²) in [5, 5.41) is 3.19. The lowest BCUT2D eigenvalue weighted by atomic mass is 10.2. The summed E-state index contributed by atoms with van der Waals surface area (Å²) in [6, 6.07) is -0.133. The molecule has 0 aromatic rings. The molecule has 1 atom stereocenters. The maximum absolute atomic E-state index is 12.1. The quantitative estimate of drug-likeness (QED) is 0.609. The molecular weight excluding hydrogens is 280 g/mol. The molecule has 0 radical (unpaired) electrons. The number of hydrogen-bond acceptors (Lipinski definition) is 5. The van der Waals surface area contributed by atoms with Crippen LogP contribution < -0.4 is 5.32 Å². The normalized spacial score (nSPS) is 21.0. The largest absolute Gasteiger partial charge is 0.385 e. The average Bonchev–Trinajstić information content (AvgIpc) is 2.75. The number of methoxy groups -OCH3 is 1. The van der Waals surface area contributed by atoms with Crippen molar-refractivity contribution in [2.24, 2.45) is 0 Å². The van der Waals surface area contributed by atoms with Crippen molar-refractivity contribution in [1.29, 1.82) is 0 Å². The predicted molar refractivity (Wildman–Crippen MR) is 78.4 cm³/mol. The molecule has 0 aromatic carbocycles. The summed E-state index contributed by atoms with van der Waals surface area (Å²) >= 11 is 0. The fourth-order valence-electron chi connectivity index (χ4n) is 2.46. The standard InChI is InChI=1S/C13H26N2O4S/c1-3-15(12-6-10-20(17,18)11-12)13(16)5-8-14-7-4-9-19-2/h12,14H,3-11H2,1-2H3. The lowest BCUT2D eigenvalue weighted by Gasteiger charge is -2.27.